The summed E-state index contributed by atoms with van der Waals surface area (Å²) < 4.78 is 0. The van der Waals surface area contributed by atoms with E-state index in [2.05, 4.69) is 5.32 Å². The SMILES string of the molecule is NC(=O)c1ccccc1NC1=CC(=O)CC(c2ccccc2)C1. The van der Waals surface area contributed by atoms with E-state index in [1.54, 1.807) is 24.3 Å². The van der Waals surface area contributed by atoms with Gasteiger partial charge in [-0.15, -0.1) is 0 Å². The fraction of sp³-hybridized carbons (Fsp3) is 0.158. The predicted octanol–water partition coefficient (Wildman–Crippen LogP) is 3.23. The van der Waals surface area contributed by atoms with Crippen LogP contribution in [0.5, 0.6) is 0 Å². The first kappa shape index (κ1) is 15.0. The summed E-state index contributed by atoms with van der Waals surface area (Å²) in [7, 11) is 0. The second kappa shape index (κ2) is 6.48. The molecular formula is C19H18N2O2. The van der Waals surface area contributed by atoms with Gasteiger partial charge in [-0.25, -0.2) is 0 Å². The molecule has 0 aromatic heterocycles. The van der Waals surface area contributed by atoms with Crippen molar-refractivity contribution < 1.29 is 9.59 Å². The number of hydrogen-bond donors (Lipinski definition) is 2. The van der Waals surface area contributed by atoms with Gasteiger partial charge in [-0.05, 0) is 30.0 Å². The molecule has 1 aliphatic rings. The average molecular weight is 306 g/mol. The number of benzene rings is 2. The van der Waals surface area contributed by atoms with Gasteiger partial charge in [0.05, 0.1) is 11.3 Å². The Hall–Kier alpha value is -2.88. The van der Waals surface area contributed by atoms with E-state index < -0.39 is 5.91 Å². The summed E-state index contributed by atoms with van der Waals surface area (Å²) in [6.45, 7) is 0. The van der Waals surface area contributed by atoms with Gasteiger partial charge in [0, 0.05) is 18.2 Å². The van der Waals surface area contributed by atoms with Crippen LogP contribution in [-0.4, -0.2) is 11.7 Å². The second-order valence-corrected chi connectivity index (χ2v) is 5.69. The fourth-order valence-corrected chi connectivity index (χ4v) is 2.92. The zero-order valence-corrected chi connectivity index (χ0v) is 12.7. The lowest BCUT2D eigenvalue weighted by Crippen LogP contribution is -2.19. The van der Waals surface area contributed by atoms with Crippen molar-refractivity contribution in [2.75, 3.05) is 5.32 Å². The molecular weight excluding hydrogens is 288 g/mol. The van der Waals surface area contributed by atoms with Gasteiger partial charge >= 0.3 is 0 Å². The van der Waals surface area contributed by atoms with Crippen molar-refractivity contribution in [1.82, 2.24) is 0 Å². The average Bonchev–Trinajstić information content (AvgIpc) is 2.55. The quantitative estimate of drug-likeness (QED) is 0.911. The summed E-state index contributed by atoms with van der Waals surface area (Å²) in [5, 5.41) is 3.20. The van der Waals surface area contributed by atoms with Crippen molar-refractivity contribution in [3.8, 4) is 0 Å². The number of nitrogens with two attached hydrogens (primary N) is 1. The van der Waals surface area contributed by atoms with Gasteiger partial charge in [-0.2, -0.15) is 0 Å². The topological polar surface area (TPSA) is 72.2 Å². The molecule has 116 valence electrons. The molecule has 0 fully saturated rings. The van der Waals surface area contributed by atoms with E-state index in [1.165, 1.54) is 0 Å². The Bertz CT molecular complexity index is 766. The highest BCUT2D eigenvalue weighted by molar-refractivity contribution is 5.99. The number of hydrogen-bond acceptors (Lipinski definition) is 3. The van der Waals surface area contributed by atoms with Gasteiger partial charge < -0.3 is 11.1 Å². The van der Waals surface area contributed by atoms with E-state index in [-0.39, 0.29) is 11.7 Å². The van der Waals surface area contributed by atoms with Gasteiger partial charge in [0.2, 0.25) is 0 Å². The first-order chi connectivity index (χ1) is 11.1. The number of allylic oxidation sites excluding steroid dienone is 2. The Labute approximate surface area is 135 Å². The molecule has 3 rings (SSSR count). The fourth-order valence-electron chi connectivity index (χ4n) is 2.92. The molecule has 0 saturated heterocycles. The number of amides is 1. The largest absolute Gasteiger partial charge is 0.366 e. The van der Waals surface area contributed by atoms with Crippen molar-refractivity contribution in [2.45, 2.75) is 18.8 Å². The van der Waals surface area contributed by atoms with Crippen LogP contribution in [0.25, 0.3) is 0 Å². The molecule has 4 heteroatoms. The lowest BCUT2D eigenvalue weighted by molar-refractivity contribution is -0.115. The summed E-state index contributed by atoms with van der Waals surface area (Å²) in [4.78, 5) is 23.6. The molecule has 1 atom stereocenters. The Morgan fingerprint density at radius 2 is 1.70 bits per heavy atom. The molecule has 0 radical (unpaired) electrons. The number of rotatable bonds is 4. The highest BCUT2D eigenvalue weighted by atomic mass is 16.1. The van der Waals surface area contributed by atoms with Crippen molar-refractivity contribution in [3.05, 3.63) is 77.5 Å². The molecule has 0 aliphatic heterocycles. The van der Waals surface area contributed by atoms with Crippen LogP contribution >= 0.6 is 0 Å². The smallest absolute Gasteiger partial charge is 0.250 e. The maximum absolute atomic E-state index is 12.1. The molecule has 3 N–H and O–H groups in total. The monoisotopic (exact) mass is 306 g/mol. The molecule has 1 amide bonds. The molecule has 0 bridgehead atoms. The highest BCUT2D eigenvalue weighted by Crippen LogP contribution is 2.32. The third-order valence-electron chi connectivity index (χ3n) is 4.01. The maximum Gasteiger partial charge on any atom is 0.250 e. The first-order valence-corrected chi connectivity index (χ1v) is 7.57. The van der Waals surface area contributed by atoms with Crippen LogP contribution in [0.3, 0.4) is 0 Å². The number of carbonyl (C=O) groups is 2. The number of nitrogens with one attached hydrogen (secondary N) is 1. The maximum atomic E-state index is 12.1. The number of primary amides is 1. The Balaban J connectivity index is 1.83. The van der Waals surface area contributed by atoms with Gasteiger partial charge in [-0.3, -0.25) is 9.59 Å². The van der Waals surface area contributed by atoms with Crippen molar-refractivity contribution in [1.29, 1.82) is 0 Å². The summed E-state index contributed by atoms with van der Waals surface area (Å²) in [6, 6.07) is 17.1. The minimum Gasteiger partial charge on any atom is -0.366 e. The second-order valence-electron chi connectivity index (χ2n) is 5.69. The predicted molar refractivity (Wildman–Crippen MR) is 90.1 cm³/mol. The number of ketones is 1. The lowest BCUT2D eigenvalue weighted by atomic mass is 9.85. The molecule has 1 aliphatic carbocycles. The molecule has 4 nitrogen and oxygen atoms in total. The van der Waals surface area contributed by atoms with Crippen LogP contribution in [0.1, 0.15) is 34.7 Å². The van der Waals surface area contributed by atoms with E-state index in [0.29, 0.717) is 17.7 Å². The third kappa shape index (κ3) is 3.48. The minimum atomic E-state index is -0.490. The molecule has 0 spiro atoms. The van der Waals surface area contributed by atoms with Gasteiger partial charge in [0.25, 0.3) is 5.91 Å². The van der Waals surface area contributed by atoms with Crippen molar-refractivity contribution >= 4 is 17.4 Å². The van der Waals surface area contributed by atoms with Crippen molar-refractivity contribution in [3.63, 3.8) is 0 Å². The summed E-state index contributed by atoms with van der Waals surface area (Å²) in [5.74, 6) is -0.253. The summed E-state index contributed by atoms with van der Waals surface area (Å²) >= 11 is 0. The van der Waals surface area contributed by atoms with Crippen molar-refractivity contribution in [2.24, 2.45) is 5.73 Å². The molecule has 1 unspecified atom stereocenters. The zero-order valence-electron chi connectivity index (χ0n) is 12.7. The van der Waals surface area contributed by atoms with E-state index in [0.717, 1.165) is 17.7 Å². The summed E-state index contributed by atoms with van der Waals surface area (Å²) in [5.41, 5.74) is 8.41. The van der Waals surface area contributed by atoms with Crippen LogP contribution in [0.4, 0.5) is 5.69 Å². The van der Waals surface area contributed by atoms with E-state index in [4.69, 9.17) is 5.73 Å². The van der Waals surface area contributed by atoms with Gasteiger partial charge in [0.15, 0.2) is 5.78 Å². The standard InChI is InChI=1S/C19H18N2O2/c20-19(23)17-8-4-5-9-18(17)21-15-10-14(11-16(22)12-15)13-6-2-1-3-7-13/h1-9,12,14,21H,10-11H2,(H2,20,23). The minimum absolute atomic E-state index is 0.0872. The highest BCUT2D eigenvalue weighted by Gasteiger charge is 2.22. The molecule has 2 aromatic rings. The van der Waals surface area contributed by atoms with Gasteiger partial charge in [0.1, 0.15) is 0 Å². The third-order valence-corrected chi connectivity index (χ3v) is 4.01. The Kier molecular flexibility index (Phi) is 4.24. The van der Waals surface area contributed by atoms with E-state index >= 15 is 0 Å². The molecule has 0 heterocycles. The Morgan fingerprint density at radius 1 is 1.00 bits per heavy atom. The lowest BCUT2D eigenvalue weighted by Gasteiger charge is -2.24. The van der Waals surface area contributed by atoms with Crippen LogP contribution in [0.15, 0.2) is 66.4 Å². The van der Waals surface area contributed by atoms with Crippen LogP contribution < -0.4 is 11.1 Å². The van der Waals surface area contributed by atoms with E-state index in [1.807, 2.05) is 36.4 Å². The number of carbonyl (C=O) groups excluding carboxylic acids is 2. The van der Waals surface area contributed by atoms with E-state index in [9.17, 15) is 9.59 Å². The number of anilines is 1. The zero-order chi connectivity index (χ0) is 16.2. The van der Waals surface area contributed by atoms with Crippen LogP contribution in [-0.2, 0) is 4.79 Å². The Morgan fingerprint density at radius 3 is 2.43 bits per heavy atom. The molecule has 23 heavy (non-hydrogen) atoms. The molecule has 2 aromatic carbocycles. The normalized spacial score (nSPS) is 17.5. The van der Waals surface area contributed by atoms with Gasteiger partial charge in [-0.1, -0.05) is 42.5 Å². The number of para-hydroxylation sites is 1. The van der Waals surface area contributed by atoms with Crippen LogP contribution in [0.2, 0.25) is 0 Å². The molecule has 0 saturated carbocycles. The summed E-state index contributed by atoms with van der Waals surface area (Å²) in [6.07, 6.45) is 2.85. The first-order valence-electron chi connectivity index (χ1n) is 7.57. The van der Waals surface area contributed by atoms with Crippen LogP contribution in [0, 0.1) is 0 Å².